The minimum atomic E-state index is -0.533. The molecule has 0 aliphatic heterocycles. The van der Waals surface area contributed by atoms with E-state index < -0.39 is 11.9 Å². The Kier molecular flexibility index (Phi) is 5.55. The maximum absolute atomic E-state index is 14.2. The van der Waals surface area contributed by atoms with E-state index in [9.17, 15) is 14.0 Å². The number of hydrogen-bond donors (Lipinski definition) is 1. The van der Waals surface area contributed by atoms with Gasteiger partial charge in [-0.2, -0.15) is 10.2 Å². The van der Waals surface area contributed by atoms with E-state index in [0.29, 0.717) is 27.9 Å². The van der Waals surface area contributed by atoms with Gasteiger partial charge in [0, 0.05) is 11.6 Å². The highest BCUT2D eigenvalue weighted by Gasteiger charge is 2.20. The van der Waals surface area contributed by atoms with Crippen molar-refractivity contribution in [2.45, 2.75) is 60.2 Å². The lowest BCUT2D eigenvalue weighted by Crippen LogP contribution is -2.35. The molecular formula is C21H26FN5O2. The Morgan fingerprint density at radius 3 is 2.45 bits per heavy atom. The van der Waals surface area contributed by atoms with Crippen LogP contribution in [-0.2, 0) is 11.3 Å². The van der Waals surface area contributed by atoms with E-state index in [1.54, 1.807) is 44.5 Å². The molecule has 0 spiro atoms. The number of aromatic nitrogens is 4. The van der Waals surface area contributed by atoms with E-state index >= 15 is 0 Å². The molecule has 0 saturated carbocycles. The molecule has 0 radical (unpaired) electrons. The van der Waals surface area contributed by atoms with E-state index in [4.69, 9.17) is 0 Å². The van der Waals surface area contributed by atoms with Crippen LogP contribution in [0.4, 0.5) is 4.39 Å². The Labute approximate surface area is 168 Å². The Bertz CT molecular complexity index is 1150. The molecule has 7 nitrogen and oxygen atoms in total. The van der Waals surface area contributed by atoms with Crippen molar-refractivity contribution in [1.82, 2.24) is 24.9 Å². The number of fused-ring (bicyclic) bond motifs is 1. The van der Waals surface area contributed by atoms with Crippen LogP contribution in [0.5, 0.6) is 0 Å². The number of carbonyl (C=O) groups excluding carboxylic acids is 1. The summed E-state index contributed by atoms with van der Waals surface area (Å²) in [6.07, 6.45) is 0. The number of amides is 1. The second-order valence-electron chi connectivity index (χ2n) is 7.71. The van der Waals surface area contributed by atoms with Crippen molar-refractivity contribution >= 4 is 16.8 Å². The van der Waals surface area contributed by atoms with Crippen molar-refractivity contribution in [3.63, 3.8) is 0 Å². The largest absolute Gasteiger partial charge is 0.348 e. The van der Waals surface area contributed by atoms with Gasteiger partial charge in [-0.1, -0.05) is 12.1 Å². The highest BCUT2D eigenvalue weighted by atomic mass is 19.1. The number of nitrogens with zero attached hydrogens (tertiary/aromatic N) is 4. The highest BCUT2D eigenvalue weighted by Crippen LogP contribution is 2.21. The van der Waals surface area contributed by atoms with Crippen LogP contribution in [0.3, 0.4) is 0 Å². The van der Waals surface area contributed by atoms with E-state index in [0.717, 1.165) is 10.2 Å². The summed E-state index contributed by atoms with van der Waals surface area (Å²) in [5, 5.41) is 12.0. The number of carbonyl (C=O) groups is 1. The molecule has 3 aromatic rings. The summed E-state index contributed by atoms with van der Waals surface area (Å²) in [6.45, 7) is 10.8. The van der Waals surface area contributed by atoms with Gasteiger partial charge in [0.05, 0.1) is 28.3 Å². The molecule has 2 aromatic heterocycles. The van der Waals surface area contributed by atoms with E-state index in [1.807, 2.05) is 13.8 Å². The number of benzene rings is 1. The molecule has 0 aliphatic rings. The quantitative estimate of drug-likeness (QED) is 0.715. The van der Waals surface area contributed by atoms with Gasteiger partial charge in [-0.05, 0) is 53.2 Å². The number of rotatable bonds is 5. The molecule has 1 N–H and O–H groups in total. The summed E-state index contributed by atoms with van der Waals surface area (Å²) in [6, 6.07) is 4.42. The highest BCUT2D eigenvalue weighted by molar-refractivity contribution is 5.83. The third-order valence-electron chi connectivity index (χ3n) is 4.93. The SMILES string of the molecule is Cc1ccc(C(C)NC(=O)Cn2nc(C)c3c(c(C)nn3C(C)C)c2=O)c(F)c1. The first-order valence-electron chi connectivity index (χ1n) is 9.62. The Hall–Kier alpha value is -3.03. The monoisotopic (exact) mass is 399 g/mol. The predicted molar refractivity (Wildman–Crippen MR) is 109 cm³/mol. The summed E-state index contributed by atoms with van der Waals surface area (Å²) in [7, 11) is 0. The van der Waals surface area contributed by atoms with Crippen LogP contribution in [-0.4, -0.2) is 25.5 Å². The number of nitrogens with one attached hydrogen (secondary N) is 1. The standard InChI is InChI=1S/C21H26FN5O2/c1-11(2)27-20-15(6)24-26(21(29)19(20)14(5)25-27)10-18(28)23-13(4)16-8-7-12(3)9-17(16)22/h7-9,11,13H,10H2,1-6H3,(H,23,28). The smallest absolute Gasteiger partial charge is 0.278 e. The summed E-state index contributed by atoms with van der Waals surface area (Å²) in [5.74, 6) is -0.790. The third-order valence-corrected chi connectivity index (χ3v) is 4.93. The molecule has 0 saturated heterocycles. The van der Waals surface area contributed by atoms with Crippen LogP contribution in [0.1, 0.15) is 55.4 Å². The lowest BCUT2D eigenvalue weighted by molar-refractivity contribution is -0.122. The first-order valence-corrected chi connectivity index (χ1v) is 9.62. The Morgan fingerprint density at radius 2 is 1.83 bits per heavy atom. The van der Waals surface area contributed by atoms with Gasteiger partial charge in [-0.25, -0.2) is 9.07 Å². The van der Waals surface area contributed by atoms with Crippen LogP contribution in [0.15, 0.2) is 23.0 Å². The van der Waals surface area contributed by atoms with Crippen molar-refractivity contribution in [3.05, 3.63) is 56.9 Å². The van der Waals surface area contributed by atoms with Gasteiger partial charge in [-0.3, -0.25) is 14.3 Å². The summed E-state index contributed by atoms with van der Waals surface area (Å²) in [5.41, 5.74) is 2.76. The zero-order valence-corrected chi connectivity index (χ0v) is 17.6. The summed E-state index contributed by atoms with van der Waals surface area (Å²) < 4.78 is 17.1. The number of aryl methyl sites for hydroxylation is 3. The van der Waals surface area contributed by atoms with Crippen LogP contribution in [0.2, 0.25) is 0 Å². The van der Waals surface area contributed by atoms with Gasteiger partial charge >= 0.3 is 0 Å². The molecule has 3 rings (SSSR count). The molecule has 1 amide bonds. The predicted octanol–water partition coefficient (Wildman–Crippen LogP) is 3.12. The maximum Gasteiger partial charge on any atom is 0.278 e. The fourth-order valence-electron chi connectivity index (χ4n) is 3.52. The van der Waals surface area contributed by atoms with Gasteiger partial charge in [0.2, 0.25) is 5.91 Å². The topological polar surface area (TPSA) is 81.8 Å². The lowest BCUT2D eigenvalue weighted by Gasteiger charge is -2.16. The van der Waals surface area contributed by atoms with Crippen LogP contribution < -0.4 is 10.9 Å². The molecule has 29 heavy (non-hydrogen) atoms. The Morgan fingerprint density at radius 1 is 1.14 bits per heavy atom. The van der Waals surface area contributed by atoms with E-state index in [1.165, 1.54) is 6.07 Å². The molecule has 1 unspecified atom stereocenters. The van der Waals surface area contributed by atoms with Crippen LogP contribution in [0.25, 0.3) is 10.9 Å². The molecule has 0 fully saturated rings. The summed E-state index contributed by atoms with van der Waals surface area (Å²) in [4.78, 5) is 25.4. The molecule has 1 aromatic carbocycles. The van der Waals surface area contributed by atoms with Crippen molar-refractivity contribution in [1.29, 1.82) is 0 Å². The zero-order chi connectivity index (χ0) is 21.5. The molecule has 2 heterocycles. The number of halogens is 1. The van der Waals surface area contributed by atoms with E-state index in [2.05, 4.69) is 15.5 Å². The second kappa shape index (κ2) is 7.77. The molecule has 0 aliphatic carbocycles. The average molecular weight is 399 g/mol. The normalized spacial score (nSPS) is 12.6. The van der Waals surface area contributed by atoms with Gasteiger partial charge < -0.3 is 5.32 Å². The fraction of sp³-hybridized carbons (Fsp3) is 0.429. The lowest BCUT2D eigenvalue weighted by atomic mass is 10.1. The minimum absolute atomic E-state index is 0.0792. The van der Waals surface area contributed by atoms with Crippen molar-refractivity contribution in [2.24, 2.45) is 0 Å². The second-order valence-corrected chi connectivity index (χ2v) is 7.71. The van der Waals surface area contributed by atoms with Gasteiger partial charge in [0.1, 0.15) is 12.4 Å². The molecule has 8 heteroatoms. The first kappa shape index (κ1) is 20.7. The molecule has 154 valence electrons. The molecule has 1 atom stereocenters. The van der Waals surface area contributed by atoms with Gasteiger partial charge in [0.15, 0.2) is 0 Å². The fourth-order valence-corrected chi connectivity index (χ4v) is 3.52. The van der Waals surface area contributed by atoms with Gasteiger partial charge in [-0.15, -0.1) is 0 Å². The minimum Gasteiger partial charge on any atom is -0.348 e. The maximum atomic E-state index is 14.2. The third kappa shape index (κ3) is 3.92. The number of hydrogen-bond acceptors (Lipinski definition) is 4. The van der Waals surface area contributed by atoms with E-state index in [-0.39, 0.29) is 24.0 Å². The van der Waals surface area contributed by atoms with Gasteiger partial charge in [0.25, 0.3) is 5.56 Å². The average Bonchev–Trinajstić information content (AvgIpc) is 2.97. The summed E-state index contributed by atoms with van der Waals surface area (Å²) >= 11 is 0. The molecular weight excluding hydrogens is 373 g/mol. The van der Waals surface area contributed by atoms with Crippen molar-refractivity contribution in [3.8, 4) is 0 Å². The van der Waals surface area contributed by atoms with Crippen LogP contribution >= 0.6 is 0 Å². The Balaban J connectivity index is 1.88. The first-order chi connectivity index (χ1) is 13.6. The van der Waals surface area contributed by atoms with Crippen LogP contribution in [0, 0.1) is 26.6 Å². The van der Waals surface area contributed by atoms with Crippen molar-refractivity contribution < 1.29 is 9.18 Å². The van der Waals surface area contributed by atoms with Crippen molar-refractivity contribution in [2.75, 3.05) is 0 Å². The zero-order valence-electron chi connectivity index (χ0n) is 17.6. The molecule has 0 bridgehead atoms.